The van der Waals surface area contributed by atoms with Gasteiger partial charge in [0.2, 0.25) is 5.91 Å². The zero-order valence-corrected chi connectivity index (χ0v) is 13.6. The maximum atomic E-state index is 12.0. The number of rotatable bonds is 7. The molecule has 1 unspecified atom stereocenters. The van der Waals surface area contributed by atoms with Crippen molar-refractivity contribution >= 4 is 17.7 Å². The lowest BCUT2D eigenvalue weighted by Gasteiger charge is -2.18. The molecule has 21 heavy (non-hydrogen) atoms. The maximum absolute atomic E-state index is 12.0. The highest BCUT2D eigenvalue weighted by atomic mass is 32.2. The highest BCUT2D eigenvalue weighted by molar-refractivity contribution is 7.97. The number of hydrogen-bond donors (Lipinski definition) is 1. The standard InChI is InChI=1S/C15H24N4OS/c1-12(9-19-10-14(11-21-2)17-18-19)16-15(20)8-13-6-4-3-5-7-13/h4,6,10,12-13H,3,5,7-9,11H2,1-2H3,(H,16,20)/t12-,13?/m0/s1. The van der Waals surface area contributed by atoms with Crippen LogP contribution in [0.4, 0.5) is 0 Å². The molecule has 1 aromatic heterocycles. The van der Waals surface area contributed by atoms with E-state index in [2.05, 4.69) is 27.8 Å². The van der Waals surface area contributed by atoms with Gasteiger partial charge in [-0.15, -0.1) is 5.10 Å². The second kappa shape index (κ2) is 8.22. The molecule has 1 aliphatic carbocycles. The molecule has 2 atom stereocenters. The normalized spacial score (nSPS) is 19.4. The summed E-state index contributed by atoms with van der Waals surface area (Å²) in [6, 6.07) is 0.0638. The van der Waals surface area contributed by atoms with E-state index in [0.29, 0.717) is 18.9 Å². The van der Waals surface area contributed by atoms with Gasteiger partial charge in [0.15, 0.2) is 0 Å². The van der Waals surface area contributed by atoms with Crippen molar-refractivity contribution in [3.05, 3.63) is 24.0 Å². The zero-order valence-electron chi connectivity index (χ0n) is 12.8. The third-order valence-electron chi connectivity index (χ3n) is 3.55. The Morgan fingerprint density at radius 2 is 2.48 bits per heavy atom. The number of carbonyl (C=O) groups excluding carboxylic acids is 1. The van der Waals surface area contributed by atoms with Crippen LogP contribution >= 0.6 is 11.8 Å². The number of allylic oxidation sites excluding steroid dienone is 2. The van der Waals surface area contributed by atoms with E-state index in [1.54, 1.807) is 16.4 Å². The number of hydrogen-bond acceptors (Lipinski definition) is 4. The minimum Gasteiger partial charge on any atom is -0.352 e. The lowest BCUT2D eigenvalue weighted by atomic mass is 9.93. The smallest absolute Gasteiger partial charge is 0.220 e. The molecule has 116 valence electrons. The van der Waals surface area contributed by atoms with Gasteiger partial charge in [-0.05, 0) is 38.4 Å². The van der Waals surface area contributed by atoms with E-state index in [-0.39, 0.29) is 11.9 Å². The first kappa shape index (κ1) is 16.1. The SMILES string of the molecule is CSCc1cn(C[C@H](C)NC(=O)CC2C=CCCC2)nn1. The van der Waals surface area contributed by atoms with Crippen molar-refractivity contribution in [2.24, 2.45) is 5.92 Å². The van der Waals surface area contributed by atoms with Crippen LogP contribution < -0.4 is 5.32 Å². The summed E-state index contributed by atoms with van der Waals surface area (Å²) in [6.07, 6.45) is 12.4. The second-order valence-corrected chi connectivity index (χ2v) is 6.52. The van der Waals surface area contributed by atoms with Crippen LogP contribution in [0.15, 0.2) is 18.3 Å². The molecule has 0 spiro atoms. The van der Waals surface area contributed by atoms with E-state index < -0.39 is 0 Å². The molecule has 1 N–H and O–H groups in total. The molecule has 1 aliphatic rings. The first-order chi connectivity index (χ1) is 10.2. The van der Waals surface area contributed by atoms with Gasteiger partial charge in [-0.25, -0.2) is 0 Å². The summed E-state index contributed by atoms with van der Waals surface area (Å²) in [7, 11) is 0. The Morgan fingerprint density at radius 1 is 1.62 bits per heavy atom. The zero-order chi connectivity index (χ0) is 15.1. The van der Waals surface area contributed by atoms with Crippen LogP contribution in [-0.4, -0.2) is 33.2 Å². The Bertz CT molecular complexity index is 486. The van der Waals surface area contributed by atoms with E-state index >= 15 is 0 Å². The molecule has 0 fully saturated rings. The minimum atomic E-state index is 0.0638. The van der Waals surface area contributed by atoms with Gasteiger partial charge in [0.25, 0.3) is 0 Å². The fraction of sp³-hybridized carbons (Fsp3) is 0.667. The Balaban J connectivity index is 1.74. The number of nitrogens with zero attached hydrogens (tertiary/aromatic N) is 3. The first-order valence-corrected chi connectivity index (χ1v) is 8.90. The fourth-order valence-electron chi connectivity index (χ4n) is 2.59. The van der Waals surface area contributed by atoms with Gasteiger partial charge in [0.1, 0.15) is 0 Å². The summed E-state index contributed by atoms with van der Waals surface area (Å²) in [5, 5.41) is 11.2. The topological polar surface area (TPSA) is 59.8 Å². The summed E-state index contributed by atoms with van der Waals surface area (Å²) >= 11 is 1.72. The molecule has 1 heterocycles. The third kappa shape index (κ3) is 5.53. The van der Waals surface area contributed by atoms with E-state index in [0.717, 1.165) is 24.3 Å². The Kier molecular flexibility index (Phi) is 6.29. The largest absolute Gasteiger partial charge is 0.352 e. The molecule has 6 heteroatoms. The van der Waals surface area contributed by atoms with Crippen LogP contribution in [0, 0.1) is 5.92 Å². The van der Waals surface area contributed by atoms with Crippen LogP contribution in [0.5, 0.6) is 0 Å². The van der Waals surface area contributed by atoms with Gasteiger partial charge in [0, 0.05) is 24.4 Å². The number of nitrogens with one attached hydrogen (secondary N) is 1. The molecule has 0 radical (unpaired) electrons. The quantitative estimate of drug-likeness (QED) is 0.786. The van der Waals surface area contributed by atoms with Crippen molar-refractivity contribution in [1.29, 1.82) is 0 Å². The first-order valence-electron chi connectivity index (χ1n) is 7.51. The summed E-state index contributed by atoms with van der Waals surface area (Å²) in [5.41, 5.74) is 0.980. The van der Waals surface area contributed by atoms with Gasteiger partial charge < -0.3 is 5.32 Å². The van der Waals surface area contributed by atoms with Crippen LogP contribution in [0.25, 0.3) is 0 Å². The van der Waals surface area contributed by atoms with E-state index in [4.69, 9.17) is 0 Å². The monoisotopic (exact) mass is 308 g/mol. The van der Waals surface area contributed by atoms with E-state index in [1.807, 2.05) is 19.4 Å². The van der Waals surface area contributed by atoms with Gasteiger partial charge in [-0.1, -0.05) is 17.4 Å². The van der Waals surface area contributed by atoms with E-state index in [9.17, 15) is 4.79 Å². The average Bonchev–Trinajstić information content (AvgIpc) is 2.87. The lowest BCUT2D eigenvalue weighted by molar-refractivity contribution is -0.122. The van der Waals surface area contributed by atoms with Crippen molar-refractivity contribution in [3.63, 3.8) is 0 Å². The second-order valence-electron chi connectivity index (χ2n) is 5.66. The summed E-state index contributed by atoms with van der Waals surface area (Å²) in [5.74, 6) is 1.41. The van der Waals surface area contributed by atoms with Crippen LogP contribution in [0.3, 0.4) is 0 Å². The van der Waals surface area contributed by atoms with E-state index in [1.165, 1.54) is 6.42 Å². The number of amides is 1. The summed E-state index contributed by atoms with van der Waals surface area (Å²) in [6.45, 7) is 2.66. The van der Waals surface area contributed by atoms with Gasteiger partial charge in [-0.3, -0.25) is 9.48 Å². The lowest BCUT2D eigenvalue weighted by Crippen LogP contribution is -2.36. The van der Waals surface area contributed by atoms with Crippen molar-refractivity contribution in [1.82, 2.24) is 20.3 Å². The Hall–Kier alpha value is -1.30. The van der Waals surface area contributed by atoms with Crippen LogP contribution in [0.2, 0.25) is 0 Å². The highest BCUT2D eigenvalue weighted by Crippen LogP contribution is 2.19. The molecule has 5 nitrogen and oxygen atoms in total. The van der Waals surface area contributed by atoms with Crippen LogP contribution in [-0.2, 0) is 17.1 Å². The van der Waals surface area contributed by atoms with Crippen LogP contribution in [0.1, 0.15) is 38.3 Å². The van der Waals surface area contributed by atoms with Gasteiger partial charge in [-0.2, -0.15) is 11.8 Å². The molecular weight excluding hydrogens is 284 g/mol. The van der Waals surface area contributed by atoms with Gasteiger partial charge >= 0.3 is 0 Å². The van der Waals surface area contributed by atoms with Crippen molar-refractivity contribution in [3.8, 4) is 0 Å². The van der Waals surface area contributed by atoms with Gasteiger partial charge in [0.05, 0.1) is 12.2 Å². The number of thioether (sulfide) groups is 1. The van der Waals surface area contributed by atoms with Crippen molar-refractivity contribution in [2.75, 3.05) is 6.26 Å². The number of aromatic nitrogens is 3. The van der Waals surface area contributed by atoms with Crippen molar-refractivity contribution < 1.29 is 4.79 Å². The number of carbonyl (C=O) groups is 1. The fourth-order valence-corrected chi connectivity index (χ4v) is 3.02. The Morgan fingerprint density at radius 3 is 3.19 bits per heavy atom. The molecule has 0 bridgehead atoms. The Labute approximate surface area is 130 Å². The molecule has 1 aromatic rings. The average molecular weight is 308 g/mol. The molecule has 0 saturated carbocycles. The molecule has 2 rings (SSSR count). The molecule has 0 aromatic carbocycles. The minimum absolute atomic E-state index is 0.0638. The predicted octanol–water partition coefficient (Wildman–Crippen LogP) is 2.39. The summed E-state index contributed by atoms with van der Waals surface area (Å²) < 4.78 is 1.80. The molecular formula is C15H24N4OS. The third-order valence-corrected chi connectivity index (χ3v) is 4.13. The maximum Gasteiger partial charge on any atom is 0.220 e. The molecule has 0 saturated heterocycles. The molecule has 1 amide bonds. The molecule has 0 aliphatic heterocycles. The highest BCUT2D eigenvalue weighted by Gasteiger charge is 2.15. The predicted molar refractivity (Wildman–Crippen MR) is 85.9 cm³/mol. The van der Waals surface area contributed by atoms with Crippen molar-refractivity contribution in [2.45, 2.75) is 50.9 Å². The summed E-state index contributed by atoms with van der Waals surface area (Å²) in [4.78, 5) is 12.0.